The summed E-state index contributed by atoms with van der Waals surface area (Å²) in [7, 11) is -1.83. The molecule has 0 N–H and O–H groups in total. The number of Topliss-reactive ketones (excluding diaryl/α,β-unsaturated/α-hetero) is 1. The van der Waals surface area contributed by atoms with Crippen LogP contribution in [0.5, 0.6) is 5.75 Å². The standard InChI is InChI=1S/C8H10O4S2/c1-12-7-3-4-13-8(7)6(9)5-14(2,10)11/h3-4H,5H2,1-2H3. The van der Waals surface area contributed by atoms with Gasteiger partial charge < -0.3 is 4.74 Å². The summed E-state index contributed by atoms with van der Waals surface area (Å²) >= 11 is 1.18. The molecule has 78 valence electrons. The molecule has 1 rings (SSSR count). The molecule has 0 spiro atoms. The Kier molecular flexibility index (Phi) is 3.28. The predicted molar refractivity (Wildman–Crippen MR) is 54.9 cm³/mol. The van der Waals surface area contributed by atoms with Crippen LogP contribution in [-0.4, -0.2) is 33.3 Å². The highest BCUT2D eigenvalue weighted by atomic mass is 32.2. The topological polar surface area (TPSA) is 60.4 Å². The van der Waals surface area contributed by atoms with E-state index in [1.165, 1.54) is 18.4 Å². The molecule has 0 fully saturated rings. The molecule has 0 saturated heterocycles. The van der Waals surface area contributed by atoms with Crippen molar-refractivity contribution in [1.29, 1.82) is 0 Å². The summed E-state index contributed by atoms with van der Waals surface area (Å²) in [5, 5.41) is 1.69. The van der Waals surface area contributed by atoms with Gasteiger partial charge in [-0.25, -0.2) is 8.42 Å². The fourth-order valence-corrected chi connectivity index (χ4v) is 2.48. The molecule has 0 unspecified atom stereocenters. The van der Waals surface area contributed by atoms with Crippen LogP contribution in [-0.2, 0) is 9.84 Å². The number of methoxy groups -OCH3 is 1. The van der Waals surface area contributed by atoms with Crippen molar-refractivity contribution in [1.82, 2.24) is 0 Å². The molecule has 1 aromatic rings. The van der Waals surface area contributed by atoms with Crippen LogP contribution in [0.3, 0.4) is 0 Å². The normalized spacial score (nSPS) is 11.3. The summed E-state index contributed by atoms with van der Waals surface area (Å²) in [5.41, 5.74) is 0. The average Bonchev–Trinajstić information content (AvgIpc) is 2.47. The second-order valence-electron chi connectivity index (χ2n) is 2.81. The van der Waals surface area contributed by atoms with Gasteiger partial charge in [0.2, 0.25) is 0 Å². The first-order chi connectivity index (χ1) is 6.44. The molecule has 1 heterocycles. The second kappa shape index (κ2) is 4.10. The molecule has 0 aromatic carbocycles. The number of thiophene rings is 1. The Morgan fingerprint density at radius 3 is 2.71 bits per heavy atom. The van der Waals surface area contributed by atoms with E-state index in [1.54, 1.807) is 11.4 Å². The molecule has 0 aliphatic rings. The summed E-state index contributed by atoms with van der Waals surface area (Å²) in [4.78, 5) is 11.8. The van der Waals surface area contributed by atoms with Crippen LogP contribution in [0.25, 0.3) is 0 Å². The van der Waals surface area contributed by atoms with Crippen molar-refractivity contribution in [2.45, 2.75) is 0 Å². The SMILES string of the molecule is COc1ccsc1C(=O)CS(C)(=O)=O. The summed E-state index contributed by atoms with van der Waals surface area (Å²) in [6, 6.07) is 1.64. The van der Waals surface area contributed by atoms with E-state index in [-0.39, 0.29) is 0 Å². The Hall–Kier alpha value is -0.880. The third kappa shape index (κ3) is 2.81. The Labute approximate surface area is 86.4 Å². The van der Waals surface area contributed by atoms with Gasteiger partial charge in [0.05, 0.1) is 7.11 Å². The van der Waals surface area contributed by atoms with Gasteiger partial charge in [0.25, 0.3) is 0 Å². The Morgan fingerprint density at radius 1 is 1.57 bits per heavy atom. The third-order valence-corrected chi connectivity index (χ3v) is 3.22. The third-order valence-electron chi connectivity index (χ3n) is 1.50. The highest BCUT2D eigenvalue weighted by molar-refractivity contribution is 7.91. The summed E-state index contributed by atoms with van der Waals surface area (Å²) in [6.07, 6.45) is 1.03. The molecule has 6 heteroatoms. The fourth-order valence-electron chi connectivity index (χ4n) is 0.965. The van der Waals surface area contributed by atoms with Crippen molar-refractivity contribution < 1.29 is 17.9 Å². The molecule has 0 aliphatic carbocycles. The van der Waals surface area contributed by atoms with Crippen LogP contribution in [0.2, 0.25) is 0 Å². The van der Waals surface area contributed by atoms with E-state index in [0.717, 1.165) is 6.26 Å². The van der Waals surface area contributed by atoms with Crippen LogP contribution in [0, 0.1) is 0 Å². The summed E-state index contributed by atoms with van der Waals surface area (Å²) < 4.78 is 26.7. The van der Waals surface area contributed by atoms with Gasteiger partial charge in [0.1, 0.15) is 16.4 Å². The van der Waals surface area contributed by atoms with E-state index in [1.807, 2.05) is 0 Å². The quantitative estimate of drug-likeness (QED) is 0.729. The van der Waals surface area contributed by atoms with Crippen molar-refractivity contribution in [3.63, 3.8) is 0 Å². The molecule has 4 nitrogen and oxygen atoms in total. The first kappa shape index (κ1) is 11.2. The van der Waals surface area contributed by atoms with Gasteiger partial charge in [-0.3, -0.25) is 4.79 Å². The average molecular weight is 234 g/mol. The van der Waals surface area contributed by atoms with Crippen LogP contribution in [0.15, 0.2) is 11.4 Å². The number of sulfone groups is 1. The molecule has 14 heavy (non-hydrogen) atoms. The van der Waals surface area contributed by atoms with Gasteiger partial charge in [-0.05, 0) is 11.4 Å². The summed E-state index contributed by atoms with van der Waals surface area (Å²) in [6.45, 7) is 0. The minimum Gasteiger partial charge on any atom is -0.495 e. The van der Waals surface area contributed by atoms with Crippen LogP contribution in [0.4, 0.5) is 0 Å². The molecule has 0 radical (unpaired) electrons. The largest absolute Gasteiger partial charge is 0.495 e. The second-order valence-corrected chi connectivity index (χ2v) is 5.87. The van der Waals surface area contributed by atoms with Crippen molar-refractivity contribution in [3.05, 3.63) is 16.3 Å². The van der Waals surface area contributed by atoms with Gasteiger partial charge in [0, 0.05) is 6.26 Å². The van der Waals surface area contributed by atoms with Crippen LogP contribution in [0.1, 0.15) is 9.67 Å². The first-order valence-corrected chi connectivity index (χ1v) is 6.70. The molecule has 0 atom stereocenters. The van der Waals surface area contributed by atoms with Gasteiger partial charge in [-0.1, -0.05) is 0 Å². The van der Waals surface area contributed by atoms with E-state index in [0.29, 0.717) is 10.6 Å². The lowest BCUT2D eigenvalue weighted by atomic mass is 10.3. The Balaban J connectivity index is 2.90. The van der Waals surface area contributed by atoms with E-state index < -0.39 is 21.4 Å². The lowest BCUT2D eigenvalue weighted by Crippen LogP contribution is -2.13. The maximum atomic E-state index is 11.5. The van der Waals surface area contributed by atoms with Crippen molar-refractivity contribution >= 4 is 27.0 Å². The number of hydrogen-bond donors (Lipinski definition) is 0. The minimum absolute atomic E-state index is 0.359. The number of ketones is 1. The van der Waals surface area contributed by atoms with Gasteiger partial charge >= 0.3 is 0 Å². The smallest absolute Gasteiger partial charge is 0.191 e. The Morgan fingerprint density at radius 2 is 2.21 bits per heavy atom. The van der Waals surface area contributed by atoms with Crippen molar-refractivity contribution in [2.24, 2.45) is 0 Å². The van der Waals surface area contributed by atoms with E-state index in [9.17, 15) is 13.2 Å². The number of carbonyl (C=O) groups excluding carboxylic acids is 1. The monoisotopic (exact) mass is 234 g/mol. The van der Waals surface area contributed by atoms with Crippen LogP contribution < -0.4 is 4.74 Å². The number of hydrogen-bond acceptors (Lipinski definition) is 5. The number of ether oxygens (including phenoxy) is 1. The molecule has 0 amide bonds. The van der Waals surface area contributed by atoms with Crippen LogP contribution >= 0.6 is 11.3 Å². The summed E-state index contributed by atoms with van der Waals surface area (Å²) in [5.74, 6) is -0.452. The zero-order chi connectivity index (χ0) is 10.8. The zero-order valence-electron chi connectivity index (χ0n) is 7.81. The Bertz CT molecular complexity index is 430. The highest BCUT2D eigenvalue weighted by Gasteiger charge is 2.18. The number of rotatable bonds is 4. The fraction of sp³-hybridized carbons (Fsp3) is 0.375. The molecule has 0 saturated carbocycles. The molecule has 0 aliphatic heterocycles. The highest BCUT2D eigenvalue weighted by Crippen LogP contribution is 2.24. The van der Waals surface area contributed by atoms with E-state index in [4.69, 9.17) is 4.74 Å². The maximum Gasteiger partial charge on any atom is 0.191 e. The molecule has 1 aromatic heterocycles. The van der Waals surface area contributed by atoms with E-state index >= 15 is 0 Å². The lowest BCUT2D eigenvalue weighted by molar-refractivity contribution is 0.102. The first-order valence-electron chi connectivity index (χ1n) is 3.76. The van der Waals surface area contributed by atoms with Crippen molar-refractivity contribution in [2.75, 3.05) is 19.1 Å². The lowest BCUT2D eigenvalue weighted by Gasteiger charge is -2.00. The molecular formula is C8H10O4S2. The minimum atomic E-state index is -3.27. The van der Waals surface area contributed by atoms with E-state index in [2.05, 4.69) is 0 Å². The molecule has 0 bridgehead atoms. The maximum absolute atomic E-state index is 11.5. The van der Waals surface area contributed by atoms with Gasteiger partial charge in [-0.15, -0.1) is 11.3 Å². The van der Waals surface area contributed by atoms with Gasteiger partial charge in [0.15, 0.2) is 15.6 Å². The zero-order valence-corrected chi connectivity index (χ0v) is 9.44. The number of carbonyl (C=O) groups is 1. The van der Waals surface area contributed by atoms with Gasteiger partial charge in [-0.2, -0.15) is 0 Å². The molecular weight excluding hydrogens is 224 g/mol. The van der Waals surface area contributed by atoms with Crippen molar-refractivity contribution in [3.8, 4) is 5.75 Å². The predicted octanol–water partition coefficient (Wildman–Crippen LogP) is 0.984.